The molecule has 24 heavy (non-hydrogen) atoms. The number of hydrogen-bond donors (Lipinski definition) is 0. The largest absolute Gasteiger partial charge is 0.372 e. The van der Waals surface area contributed by atoms with Gasteiger partial charge in [-0.15, -0.1) is 5.10 Å². The third kappa shape index (κ3) is 3.96. The summed E-state index contributed by atoms with van der Waals surface area (Å²) < 4.78 is 7.41. The van der Waals surface area contributed by atoms with Gasteiger partial charge in [0.15, 0.2) is 0 Å². The van der Waals surface area contributed by atoms with E-state index < -0.39 is 0 Å². The zero-order valence-electron chi connectivity index (χ0n) is 14.1. The normalized spacial score (nSPS) is 22.4. The van der Waals surface area contributed by atoms with Gasteiger partial charge in [-0.25, -0.2) is 9.67 Å². The smallest absolute Gasteiger partial charge is 0.236 e. The van der Waals surface area contributed by atoms with E-state index in [1.807, 2.05) is 56.0 Å². The molecule has 0 aliphatic carbocycles. The lowest BCUT2D eigenvalue weighted by atomic mass is 10.2. The highest BCUT2D eigenvalue weighted by Gasteiger charge is 2.29. The van der Waals surface area contributed by atoms with Crippen molar-refractivity contribution < 1.29 is 9.53 Å². The summed E-state index contributed by atoms with van der Waals surface area (Å²) in [5, 5.41) is 4.83. The summed E-state index contributed by atoms with van der Waals surface area (Å²) in [4.78, 5) is 18.8. The van der Waals surface area contributed by atoms with Crippen molar-refractivity contribution in [1.82, 2.24) is 19.7 Å². The van der Waals surface area contributed by atoms with Gasteiger partial charge in [0.25, 0.3) is 0 Å². The van der Waals surface area contributed by atoms with Crippen molar-refractivity contribution in [3.63, 3.8) is 0 Å². The van der Waals surface area contributed by atoms with Crippen LogP contribution in [0, 0.1) is 0 Å². The van der Waals surface area contributed by atoms with Gasteiger partial charge in [-0.1, -0.05) is 30.0 Å². The van der Waals surface area contributed by atoms with Crippen LogP contribution >= 0.6 is 11.8 Å². The average molecular weight is 346 g/mol. The molecule has 0 N–H and O–H groups in total. The van der Waals surface area contributed by atoms with E-state index in [4.69, 9.17) is 4.74 Å². The highest BCUT2D eigenvalue weighted by Crippen LogP contribution is 2.23. The van der Waals surface area contributed by atoms with Gasteiger partial charge in [-0.3, -0.25) is 4.79 Å². The molecule has 0 saturated carbocycles. The molecule has 1 saturated heterocycles. The molecule has 2 heterocycles. The molecule has 3 atom stereocenters. The first-order valence-corrected chi connectivity index (χ1v) is 8.99. The number of benzene rings is 1. The summed E-state index contributed by atoms with van der Waals surface area (Å²) in [5.74, 6) is 0.109. The third-order valence-electron chi connectivity index (χ3n) is 3.85. The van der Waals surface area contributed by atoms with E-state index >= 15 is 0 Å². The molecule has 1 aliphatic rings. The number of carbonyl (C=O) groups is 1. The van der Waals surface area contributed by atoms with E-state index in [9.17, 15) is 4.79 Å². The minimum absolute atomic E-state index is 0.0744. The topological polar surface area (TPSA) is 60.2 Å². The van der Waals surface area contributed by atoms with Crippen LogP contribution in [0.15, 0.2) is 41.8 Å². The monoisotopic (exact) mass is 346 g/mol. The minimum Gasteiger partial charge on any atom is -0.372 e. The SMILES string of the molecule is C[C@@H]1CN(C(=O)[C@H](C)Sc2ncn(-c3ccccc3)n2)C[C@@H](C)O1. The lowest BCUT2D eigenvalue weighted by molar-refractivity contribution is -0.142. The van der Waals surface area contributed by atoms with E-state index in [1.165, 1.54) is 11.8 Å². The summed E-state index contributed by atoms with van der Waals surface area (Å²) >= 11 is 1.39. The van der Waals surface area contributed by atoms with Crippen molar-refractivity contribution in [3.8, 4) is 5.69 Å². The van der Waals surface area contributed by atoms with Gasteiger partial charge in [0.2, 0.25) is 11.1 Å². The van der Waals surface area contributed by atoms with Gasteiger partial charge in [0, 0.05) is 13.1 Å². The van der Waals surface area contributed by atoms with Crippen molar-refractivity contribution in [2.24, 2.45) is 0 Å². The minimum atomic E-state index is -0.228. The van der Waals surface area contributed by atoms with Crippen LogP contribution < -0.4 is 0 Å². The molecule has 1 aliphatic heterocycles. The Labute approximate surface area is 146 Å². The van der Waals surface area contributed by atoms with Gasteiger partial charge in [0.05, 0.1) is 23.1 Å². The number of aromatic nitrogens is 3. The summed E-state index contributed by atoms with van der Waals surface area (Å²) in [6, 6.07) is 9.80. The zero-order chi connectivity index (χ0) is 17.1. The molecular weight excluding hydrogens is 324 g/mol. The Morgan fingerprint density at radius 3 is 2.58 bits per heavy atom. The molecule has 1 aromatic heterocycles. The Hall–Kier alpha value is -1.86. The average Bonchev–Trinajstić information content (AvgIpc) is 3.02. The van der Waals surface area contributed by atoms with E-state index in [-0.39, 0.29) is 23.4 Å². The van der Waals surface area contributed by atoms with Gasteiger partial charge in [-0.2, -0.15) is 0 Å². The third-order valence-corrected chi connectivity index (χ3v) is 4.81. The maximum absolute atomic E-state index is 12.7. The molecule has 0 bridgehead atoms. The van der Waals surface area contributed by atoms with Crippen LogP contribution in [0.3, 0.4) is 0 Å². The second-order valence-electron chi connectivity index (χ2n) is 6.07. The van der Waals surface area contributed by atoms with E-state index in [1.54, 1.807) is 11.0 Å². The highest BCUT2D eigenvalue weighted by atomic mass is 32.2. The van der Waals surface area contributed by atoms with Crippen LogP contribution in [0.1, 0.15) is 20.8 Å². The molecule has 0 unspecified atom stereocenters. The number of carbonyl (C=O) groups excluding carboxylic acids is 1. The van der Waals surface area contributed by atoms with Crippen LogP contribution in [0.2, 0.25) is 0 Å². The fourth-order valence-corrected chi connectivity index (χ4v) is 3.64. The van der Waals surface area contributed by atoms with Crippen molar-refractivity contribution >= 4 is 17.7 Å². The van der Waals surface area contributed by atoms with Crippen molar-refractivity contribution in [3.05, 3.63) is 36.7 Å². The summed E-state index contributed by atoms with van der Waals surface area (Å²) in [7, 11) is 0. The number of para-hydroxylation sites is 1. The molecule has 2 aromatic rings. The second kappa shape index (κ2) is 7.36. The highest BCUT2D eigenvalue weighted by molar-refractivity contribution is 8.00. The summed E-state index contributed by atoms with van der Waals surface area (Å²) in [6.45, 7) is 7.18. The fraction of sp³-hybridized carbons (Fsp3) is 0.471. The van der Waals surface area contributed by atoms with Gasteiger partial charge in [-0.05, 0) is 32.9 Å². The van der Waals surface area contributed by atoms with E-state index in [2.05, 4.69) is 10.1 Å². The first kappa shape index (κ1) is 17.0. The maximum atomic E-state index is 12.7. The van der Waals surface area contributed by atoms with E-state index in [0.29, 0.717) is 18.2 Å². The molecule has 1 amide bonds. The Kier molecular flexibility index (Phi) is 5.20. The summed E-state index contributed by atoms with van der Waals surface area (Å²) in [6.07, 6.45) is 1.82. The Bertz CT molecular complexity index is 681. The second-order valence-corrected chi connectivity index (χ2v) is 7.38. The van der Waals surface area contributed by atoms with Crippen molar-refractivity contribution in [2.45, 2.75) is 43.4 Å². The summed E-state index contributed by atoms with van der Waals surface area (Å²) in [5.41, 5.74) is 0.951. The van der Waals surface area contributed by atoms with Gasteiger partial charge in [0.1, 0.15) is 6.33 Å². The van der Waals surface area contributed by atoms with Gasteiger partial charge < -0.3 is 9.64 Å². The molecule has 0 spiro atoms. The van der Waals surface area contributed by atoms with Crippen LogP contribution in [0.4, 0.5) is 0 Å². The predicted molar refractivity (Wildman–Crippen MR) is 93.3 cm³/mol. The Morgan fingerprint density at radius 2 is 1.92 bits per heavy atom. The lowest BCUT2D eigenvalue weighted by Gasteiger charge is -2.36. The Balaban J connectivity index is 1.63. The number of morpholine rings is 1. The van der Waals surface area contributed by atoms with Crippen LogP contribution in [-0.2, 0) is 9.53 Å². The number of rotatable bonds is 4. The Morgan fingerprint density at radius 1 is 1.25 bits per heavy atom. The molecule has 128 valence electrons. The molecule has 6 nitrogen and oxygen atoms in total. The van der Waals surface area contributed by atoms with E-state index in [0.717, 1.165) is 5.69 Å². The number of ether oxygens (including phenoxy) is 1. The molecule has 1 aromatic carbocycles. The fourth-order valence-electron chi connectivity index (χ4n) is 2.83. The molecular formula is C17H22N4O2S. The molecule has 0 radical (unpaired) electrons. The predicted octanol–water partition coefficient (Wildman–Crippen LogP) is 2.38. The zero-order valence-corrected chi connectivity index (χ0v) is 14.9. The van der Waals surface area contributed by atoms with Crippen LogP contribution in [0.5, 0.6) is 0 Å². The number of nitrogens with zero attached hydrogens (tertiary/aromatic N) is 4. The van der Waals surface area contributed by atoms with Crippen LogP contribution in [0.25, 0.3) is 5.69 Å². The molecule has 3 rings (SSSR count). The number of amides is 1. The van der Waals surface area contributed by atoms with Crippen molar-refractivity contribution in [1.29, 1.82) is 0 Å². The van der Waals surface area contributed by atoms with Crippen molar-refractivity contribution in [2.75, 3.05) is 13.1 Å². The standard InChI is InChI=1S/C17H22N4O2S/c1-12-9-20(10-13(2)23-12)16(22)14(3)24-17-18-11-21(19-17)15-7-5-4-6-8-15/h4-8,11-14H,9-10H2,1-3H3/t12-,13-,14+/m1/s1. The quantitative estimate of drug-likeness (QED) is 0.796. The first-order chi connectivity index (χ1) is 11.5. The first-order valence-electron chi connectivity index (χ1n) is 8.11. The number of thioether (sulfide) groups is 1. The van der Waals surface area contributed by atoms with Gasteiger partial charge >= 0.3 is 0 Å². The molecule has 1 fully saturated rings. The number of hydrogen-bond acceptors (Lipinski definition) is 5. The van der Waals surface area contributed by atoms with Crippen LogP contribution in [-0.4, -0.2) is 56.1 Å². The maximum Gasteiger partial charge on any atom is 0.236 e. The lowest BCUT2D eigenvalue weighted by Crippen LogP contribution is -2.50. The molecule has 7 heteroatoms.